The normalized spacial score (nSPS) is 18.5. The maximum Gasteiger partial charge on any atom is 0.337 e. The van der Waals surface area contributed by atoms with Gasteiger partial charge in [0.15, 0.2) is 0 Å². The van der Waals surface area contributed by atoms with Gasteiger partial charge < -0.3 is 4.74 Å². The Morgan fingerprint density at radius 3 is 3.08 bits per heavy atom. The van der Waals surface area contributed by atoms with Crippen molar-refractivity contribution >= 4 is 17.6 Å². The first kappa shape index (κ1) is 16.9. The van der Waals surface area contributed by atoms with E-state index >= 15 is 0 Å². The fourth-order valence-electron chi connectivity index (χ4n) is 3.22. The van der Waals surface area contributed by atoms with Crippen molar-refractivity contribution in [1.82, 2.24) is 19.7 Å². The molecular formula is C17H21ClN4O2. The lowest BCUT2D eigenvalue weighted by atomic mass is 9.97. The Bertz CT molecular complexity index is 690. The van der Waals surface area contributed by atoms with Crippen LogP contribution in [0.2, 0.25) is 5.02 Å². The van der Waals surface area contributed by atoms with Gasteiger partial charge in [-0.15, -0.1) is 0 Å². The zero-order valence-corrected chi connectivity index (χ0v) is 14.4. The van der Waals surface area contributed by atoms with Gasteiger partial charge in [0.2, 0.25) is 0 Å². The number of hydrogen-bond donors (Lipinski definition) is 0. The molecule has 2 heterocycles. The zero-order valence-electron chi connectivity index (χ0n) is 13.7. The predicted octanol–water partition coefficient (Wildman–Crippen LogP) is 2.63. The third-order valence-corrected chi connectivity index (χ3v) is 4.74. The number of halogens is 1. The molecule has 0 bridgehead atoms. The van der Waals surface area contributed by atoms with Crippen molar-refractivity contribution in [3.63, 3.8) is 0 Å². The smallest absolute Gasteiger partial charge is 0.337 e. The number of methoxy groups -OCH3 is 1. The second-order valence-corrected chi connectivity index (χ2v) is 6.57. The molecule has 7 heteroatoms. The standard InChI is InChI=1S/C17H21ClN4O2/c1-24-17(23)14-4-5-16(18)15(7-14)10-21-6-2-3-13(8-21)9-22-12-19-11-20-22/h4-5,7,11-13H,2-3,6,8-10H2,1H3. The number of likely N-dealkylation sites (tertiary alicyclic amines) is 1. The van der Waals surface area contributed by atoms with E-state index in [-0.39, 0.29) is 5.97 Å². The minimum Gasteiger partial charge on any atom is -0.465 e. The highest BCUT2D eigenvalue weighted by atomic mass is 35.5. The van der Waals surface area contributed by atoms with Crippen molar-refractivity contribution in [1.29, 1.82) is 0 Å². The fraction of sp³-hybridized carbons (Fsp3) is 0.471. The molecule has 1 fully saturated rings. The highest BCUT2D eigenvalue weighted by molar-refractivity contribution is 6.31. The Morgan fingerprint density at radius 1 is 1.46 bits per heavy atom. The first-order valence-corrected chi connectivity index (χ1v) is 8.45. The van der Waals surface area contributed by atoms with Gasteiger partial charge in [-0.05, 0) is 49.1 Å². The molecular weight excluding hydrogens is 328 g/mol. The molecule has 0 aliphatic carbocycles. The topological polar surface area (TPSA) is 60.2 Å². The summed E-state index contributed by atoms with van der Waals surface area (Å²) in [4.78, 5) is 18.1. The third-order valence-electron chi connectivity index (χ3n) is 4.38. The molecule has 0 radical (unpaired) electrons. The summed E-state index contributed by atoms with van der Waals surface area (Å²) in [5.41, 5.74) is 1.49. The quantitative estimate of drug-likeness (QED) is 0.777. The lowest BCUT2D eigenvalue weighted by Crippen LogP contribution is -2.36. The van der Waals surface area contributed by atoms with Crippen molar-refractivity contribution in [2.45, 2.75) is 25.9 Å². The molecule has 6 nitrogen and oxygen atoms in total. The molecule has 128 valence electrons. The van der Waals surface area contributed by atoms with Gasteiger partial charge in [-0.3, -0.25) is 9.58 Å². The van der Waals surface area contributed by atoms with E-state index < -0.39 is 0 Å². The minimum atomic E-state index is -0.337. The van der Waals surface area contributed by atoms with Crippen molar-refractivity contribution in [2.75, 3.05) is 20.2 Å². The van der Waals surface area contributed by atoms with Crippen LogP contribution in [-0.4, -0.2) is 45.8 Å². The largest absolute Gasteiger partial charge is 0.465 e. The molecule has 1 aromatic heterocycles. The molecule has 0 saturated carbocycles. The van der Waals surface area contributed by atoms with E-state index in [4.69, 9.17) is 16.3 Å². The first-order valence-electron chi connectivity index (χ1n) is 8.07. The van der Waals surface area contributed by atoms with Gasteiger partial charge >= 0.3 is 5.97 Å². The average Bonchev–Trinajstić information content (AvgIpc) is 3.09. The monoisotopic (exact) mass is 348 g/mol. The molecule has 1 aromatic carbocycles. The summed E-state index contributed by atoms with van der Waals surface area (Å²) in [5.74, 6) is 0.207. The Hall–Kier alpha value is -1.92. The molecule has 1 saturated heterocycles. The van der Waals surface area contributed by atoms with Gasteiger partial charge in [-0.1, -0.05) is 11.6 Å². The van der Waals surface area contributed by atoms with E-state index in [1.165, 1.54) is 13.5 Å². The highest BCUT2D eigenvalue weighted by Gasteiger charge is 2.21. The molecule has 0 spiro atoms. The fourth-order valence-corrected chi connectivity index (χ4v) is 3.39. The summed E-state index contributed by atoms with van der Waals surface area (Å²) in [6.07, 6.45) is 5.66. The Kier molecular flexibility index (Phi) is 5.48. The lowest BCUT2D eigenvalue weighted by Gasteiger charge is -2.32. The van der Waals surface area contributed by atoms with E-state index in [1.807, 2.05) is 10.7 Å². The lowest BCUT2D eigenvalue weighted by molar-refractivity contribution is 0.0600. The van der Waals surface area contributed by atoms with E-state index in [0.29, 0.717) is 16.5 Å². The summed E-state index contributed by atoms with van der Waals surface area (Å²) in [6, 6.07) is 5.29. The van der Waals surface area contributed by atoms with Gasteiger partial charge in [0.05, 0.1) is 12.7 Å². The molecule has 1 aliphatic rings. The Labute approximate surface area is 146 Å². The molecule has 1 aliphatic heterocycles. The number of carbonyl (C=O) groups is 1. The van der Waals surface area contributed by atoms with Gasteiger partial charge in [-0.2, -0.15) is 5.10 Å². The number of carbonyl (C=O) groups excluding carboxylic acids is 1. The molecule has 24 heavy (non-hydrogen) atoms. The van der Waals surface area contributed by atoms with Crippen molar-refractivity contribution in [2.24, 2.45) is 5.92 Å². The second-order valence-electron chi connectivity index (χ2n) is 6.16. The molecule has 3 rings (SSSR count). The summed E-state index contributed by atoms with van der Waals surface area (Å²) in [6.45, 7) is 3.63. The van der Waals surface area contributed by atoms with Crippen molar-refractivity contribution in [3.8, 4) is 0 Å². The van der Waals surface area contributed by atoms with Crippen LogP contribution >= 0.6 is 11.6 Å². The maximum atomic E-state index is 11.7. The minimum absolute atomic E-state index is 0.337. The van der Waals surface area contributed by atoms with Gasteiger partial charge in [-0.25, -0.2) is 9.78 Å². The van der Waals surface area contributed by atoms with Crippen LogP contribution in [0.3, 0.4) is 0 Å². The van der Waals surface area contributed by atoms with Crippen LogP contribution in [0, 0.1) is 5.92 Å². The van der Waals surface area contributed by atoms with E-state index in [0.717, 1.165) is 38.2 Å². The van der Waals surface area contributed by atoms with Crippen molar-refractivity contribution < 1.29 is 9.53 Å². The molecule has 2 aromatic rings. The summed E-state index contributed by atoms with van der Waals surface area (Å²) < 4.78 is 6.67. The SMILES string of the molecule is COC(=O)c1ccc(Cl)c(CN2CCCC(Cn3cncn3)C2)c1. The van der Waals surface area contributed by atoms with Gasteiger partial charge in [0, 0.05) is 24.7 Å². The number of ether oxygens (including phenoxy) is 1. The number of benzene rings is 1. The van der Waals surface area contributed by atoms with Crippen LogP contribution in [0.15, 0.2) is 30.9 Å². The zero-order chi connectivity index (χ0) is 16.9. The average molecular weight is 349 g/mol. The summed E-state index contributed by atoms with van der Waals surface area (Å²) in [5, 5.41) is 4.87. The van der Waals surface area contributed by atoms with Crippen LogP contribution in [0.1, 0.15) is 28.8 Å². The van der Waals surface area contributed by atoms with E-state index in [1.54, 1.807) is 24.8 Å². The Balaban J connectivity index is 1.65. The first-order chi connectivity index (χ1) is 11.7. The van der Waals surface area contributed by atoms with Crippen molar-refractivity contribution in [3.05, 3.63) is 47.0 Å². The van der Waals surface area contributed by atoms with Crippen LogP contribution in [0.5, 0.6) is 0 Å². The maximum absolute atomic E-state index is 11.7. The van der Waals surface area contributed by atoms with Crippen LogP contribution < -0.4 is 0 Å². The van der Waals surface area contributed by atoms with Gasteiger partial charge in [0.1, 0.15) is 12.7 Å². The molecule has 0 N–H and O–H groups in total. The molecule has 0 amide bonds. The predicted molar refractivity (Wildman–Crippen MR) is 90.8 cm³/mol. The third kappa shape index (κ3) is 4.13. The summed E-state index contributed by atoms with van der Waals surface area (Å²) in [7, 11) is 1.38. The van der Waals surface area contributed by atoms with Crippen LogP contribution in [0.4, 0.5) is 0 Å². The number of nitrogens with zero attached hydrogens (tertiary/aromatic N) is 4. The summed E-state index contributed by atoms with van der Waals surface area (Å²) >= 11 is 6.31. The van der Waals surface area contributed by atoms with E-state index in [2.05, 4.69) is 15.0 Å². The van der Waals surface area contributed by atoms with E-state index in [9.17, 15) is 4.79 Å². The number of piperidine rings is 1. The number of aromatic nitrogens is 3. The van der Waals surface area contributed by atoms with Crippen LogP contribution in [0.25, 0.3) is 0 Å². The number of esters is 1. The molecule has 1 unspecified atom stereocenters. The number of hydrogen-bond acceptors (Lipinski definition) is 5. The second kappa shape index (κ2) is 7.77. The van der Waals surface area contributed by atoms with Crippen LogP contribution in [-0.2, 0) is 17.8 Å². The molecule has 1 atom stereocenters. The number of rotatable bonds is 5. The Morgan fingerprint density at radius 2 is 2.33 bits per heavy atom. The highest BCUT2D eigenvalue weighted by Crippen LogP contribution is 2.24. The van der Waals surface area contributed by atoms with Gasteiger partial charge in [0.25, 0.3) is 0 Å².